The van der Waals surface area contributed by atoms with E-state index in [1.54, 1.807) is 25.1 Å². The monoisotopic (exact) mass is 356 g/mol. The Labute approximate surface area is 146 Å². The summed E-state index contributed by atoms with van der Waals surface area (Å²) in [6, 6.07) is 12.7. The van der Waals surface area contributed by atoms with E-state index in [0.717, 1.165) is 22.0 Å². The SMILES string of the molecule is Cc1ccc(C)c(S(=O)(=O)NCc2cc3cc(C)ccc3[nH]c2=O)c1. The molecule has 0 radical (unpaired) electrons. The van der Waals surface area contributed by atoms with Crippen LogP contribution in [0.15, 0.2) is 52.2 Å². The van der Waals surface area contributed by atoms with Gasteiger partial charge in [0.05, 0.1) is 4.90 Å². The van der Waals surface area contributed by atoms with E-state index in [1.165, 1.54) is 0 Å². The lowest BCUT2D eigenvalue weighted by molar-refractivity contribution is 0.580. The molecule has 3 aromatic rings. The van der Waals surface area contributed by atoms with Gasteiger partial charge in [-0.05, 0) is 61.5 Å². The van der Waals surface area contributed by atoms with Crippen molar-refractivity contribution >= 4 is 20.9 Å². The fourth-order valence-corrected chi connectivity index (χ4v) is 4.08. The smallest absolute Gasteiger partial charge is 0.252 e. The highest BCUT2D eigenvalue weighted by Crippen LogP contribution is 2.17. The van der Waals surface area contributed by atoms with Gasteiger partial charge in [0.25, 0.3) is 5.56 Å². The van der Waals surface area contributed by atoms with Crippen LogP contribution in [0, 0.1) is 20.8 Å². The van der Waals surface area contributed by atoms with Crippen LogP contribution in [-0.2, 0) is 16.6 Å². The van der Waals surface area contributed by atoms with Crippen LogP contribution in [-0.4, -0.2) is 13.4 Å². The van der Waals surface area contributed by atoms with Gasteiger partial charge in [-0.3, -0.25) is 4.79 Å². The minimum atomic E-state index is -3.69. The quantitative estimate of drug-likeness (QED) is 0.754. The van der Waals surface area contributed by atoms with Crippen molar-refractivity contribution in [3.63, 3.8) is 0 Å². The molecule has 6 heteroatoms. The van der Waals surface area contributed by atoms with E-state index in [2.05, 4.69) is 9.71 Å². The predicted octanol–water partition coefficient (Wildman–Crippen LogP) is 2.93. The summed E-state index contributed by atoms with van der Waals surface area (Å²) < 4.78 is 27.7. The number of benzene rings is 2. The van der Waals surface area contributed by atoms with Crippen LogP contribution >= 0.6 is 0 Å². The average molecular weight is 356 g/mol. The lowest BCUT2D eigenvalue weighted by atomic mass is 10.1. The number of pyridine rings is 1. The number of hydrogen-bond donors (Lipinski definition) is 2. The molecule has 0 unspecified atom stereocenters. The van der Waals surface area contributed by atoms with Crippen LogP contribution in [0.2, 0.25) is 0 Å². The number of aromatic nitrogens is 1. The molecule has 2 aromatic carbocycles. The number of aromatic amines is 1. The van der Waals surface area contributed by atoms with Crippen LogP contribution in [0.3, 0.4) is 0 Å². The highest BCUT2D eigenvalue weighted by molar-refractivity contribution is 7.89. The molecule has 0 atom stereocenters. The molecule has 0 fully saturated rings. The molecule has 1 heterocycles. The van der Waals surface area contributed by atoms with E-state index in [1.807, 2.05) is 38.1 Å². The van der Waals surface area contributed by atoms with Crippen LogP contribution in [0.1, 0.15) is 22.3 Å². The molecular formula is C19H20N2O3S. The molecule has 0 saturated carbocycles. The van der Waals surface area contributed by atoms with Crippen molar-refractivity contribution in [3.05, 3.63) is 75.1 Å². The molecule has 0 saturated heterocycles. The summed E-state index contributed by atoms with van der Waals surface area (Å²) in [7, 11) is -3.69. The Balaban J connectivity index is 1.92. The highest BCUT2D eigenvalue weighted by Gasteiger charge is 2.17. The molecule has 0 amide bonds. The van der Waals surface area contributed by atoms with Gasteiger partial charge in [0.1, 0.15) is 0 Å². The number of hydrogen-bond acceptors (Lipinski definition) is 3. The number of fused-ring (bicyclic) bond motifs is 1. The van der Waals surface area contributed by atoms with Gasteiger partial charge in [-0.2, -0.15) is 0 Å². The van der Waals surface area contributed by atoms with Gasteiger partial charge < -0.3 is 4.98 Å². The Morgan fingerprint density at radius 1 is 0.960 bits per heavy atom. The van der Waals surface area contributed by atoms with Gasteiger partial charge in [-0.25, -0.2) is 13.1 Å². The first-order valence-electron chi connectivity index (χ1n) is 7.96. The van der Waals surface area contributed by atoms with Crippen molar-refractivity contribution in [1.29, 1.82) is 0 Å². The topological polar surface area (TPSA) is 79.0 Å². The number of sulfonamides is 1. The maximum Gasteiger partial charge on any atom is 0.252 e. The summed E-state index contributed by atoms with van der Waals surface area (Å²) in [5.41, 5.74) is 3.43. The Bertz CT molecular complexity index is 1120. The summed E-state index contributed by atoms with van der Waals surface area (Å²) in [6.45, 7) is 5.50. The van der Waals surface area contributed by atoms with E-state index in [9.17, 15) is 13.2 Å². The maximum atomic E-state index is 12.6. The second-order valence-electron chi connectivity index (χ2n) is 6.31. The molecule has 2 N–H and O–H groups in total. The molecule has 1 aromatic heterocycles. The minimum absolute atomic E-state index is 0.0606. The third kappa shape index (κ3) is 3.65. The van der Waals surface area contributed by atoms with Crippen molar-refractivity contribution in [2.24, 2.45) is 0 Å². The maximum absolute atomic E-state index is 12.6. The van der Waals surface area contributed by atoms with Crippen molar-refractivity contribution in [2.45, 2.75) is 32.2 Å². The zero-order valence-corrected chi connectivity index (χ0v) is 15.2. The summed E-state index contributed by atoms with van der Waals surface area (Å²) in [4.78, 5) is 15.2. The average Bonchev–Trinajstić information content (AvgIpc) is 2.55. The molecule has 0 spiro atoms. The number of rotatable bonds is 4. The van der Waals surface area contributed by atoms with Gasteiger partial charge in [-0.1, -0.05) is 23.8 Å². The highest BCUT2D eigenvalue weighted by atomic mass is 32.2. The number of H-pyrrole nitrogens is 1. The molecule has 0 bridgehead atoms. The largest absolute Gasteiger partial charge is 0.322 e. The second kappa shape index (κ2) is 6.46. The third-order valence-corrected chi connectivity index (χ3v) is 5.71. The Morgan fingerprint density at radius 2 is 1.64 bits per heavy atom. The Hall–Kier alpha value is -2.44. The number of nitrogens with one attached hydrogen (secondary N) is 2. The first-order valence-corrected chi connectivity index (χ1v) is 9.44. The lowest BCUT2D eigenvalue weighted by Gasteiger charge is -2.10. The van der Waals surface area contributed by atoms with Crippen LogP contribution < -0.4 is 10.3 Å². The zero-order valence-electron chi connectivity index (χ0n) is 14.4. The van der Waals surface area contributed by atoms with Gasteiger partial charge >= 0.3 is 0 Å². The molecule has 0 aliphatic rings. The lowest BCUT2D eigenvalue weighted by Crippen LogP contribution is -2.27. The molecule has 0 aliphatic heterocycles. The fraction of sp³-hybridized carbons (Fsp3) is 0.211. The van der Waals surface area contributed by atoms with Gasteiger partial charge in [0.2, 0.25) is 10.0 Å². The molecule has 3 rings (SSSR count). The van der Waals surface area contributed by atoms with E-state index < -0.39 is 10.0 Å². The van der Waals surface area contributed by atoms with E-state index in [0.29, 0.717) is 11.1 Å². The summed E-state index contributed by atoms with van der Waals surface area (Å²) in [5.74, 6) is 0. The fourth-order valence-electron chi connectivity index (χ4n) is 2.75. The van der Waals surface area contributed by atoms with Gasteiger partial charge in [0.15, 0.2) is 0 Å². The van der Waals surface area contributed by atoms with Gasteiger partial charge in [0, 0.05) is 17.6 Å². The second-order valence-corrected chi connectivity index (χ2v) is 8.04. The van der Waals surface area contributed by atoms with Crippen LogP contribution in [0.5, 0.6) is 0 Å². The van der Waals surface area contributed by atoms with Gasteiger partial charge in [-0.15, -0.1) is 0 Å². The van der Waals surface area contributed by atoms with Crippen molar-refractivity contribution in [1.82, 2.24) is 9.71 Å². The standard InChI is InChI=1S/C19H20N2O3S/c1-12-5-7-17-15(8-12)10-16(19(22)21-17)11-20-25(23,24)18-9-13(2)4-6-14(18)3/h4-10,20H,11H2,1-3H3,(H,21,22). The summed E-state index contributed by atoms with van der Waals surface area (Å²) >= 11 is 0. The molecule has 130 valence electrons. The summed E-state index contributed by atoms with van der Waals surface area (Å²) in [5, 5.41) is 0.875. The minimum Gasteiger partial charge on any atom is -0.322 e. The van der Waals surface area contributed by atoms with E-state index in [4.69, 9.17) is 0 Å². The normalized spacial score (nSPS) is 11.8. The number of aryl methyl sites for hydroxylation is 3. The first kappa shape index (κ1) is 17.4. The predicted molar refractivity (Wildman–Crippen MR) is 99.2 cm³/mol. The molecule has 0 aliphatic carbocycles. The van der Waals surface area contributed by atoms with Crippen molar-refractivity contribution < 1.29 is 8.42 Å². The molecular weight excluding hydrogens is 336 g/mol. The molecule has 5 nitrogen and oxygen atoms in total. The first-order chi connectivity index (χ1) is 11.8. The van der Waals surface area contributed by atoms with E-state index in [-0.39, 0.29) is 17.0 Å². The van der Waals surface area contributed by atoms with Crippen LogP contribution in [0.4, 0.5) is 0 Å². The van der Waals surface area contributed by atoms with Crippen molar-refractivity contribution in [2.75, 3.05) is 0 Å². The van der Waals surface area contributed by atoms with Crippen LogP contribution in [0.25, 0.3) is 10.9 Å². The Morgan fingerprint density at radius 3 is 2.40 bits per heavy atom. The summed E-state index contributed by atoms with van der Waals surface area (Å²) in [6.07, 6.45) is 0. The third-order valence-electron chi connectivity index (χ3n) is 4.16. The van der Waals surface area contributed by atoms with Crippen molar-refractivity contribution in [3.8, 4) is 0 Å². The van der Waals surface area contributed by atoms with E-state index >= 15 is 0 Å². The molecule has 25 heavy (non-hydrogen) atoms. The zero-order chi connectivity index (χ0) is 18.2. The Kier molecular flexibility index (Phi) is 4.49.